The molecule has 63 heavy (non-hydrogen) atoms. The van der Waals surface area contributed by atoms with Gasteiger partial charge in [-0.05, 0) is 111 Å². The molecule has 0 spiro atoms. The number of hydrogen-bond donors (Lipinski definition) is 1. The number of anilines is 1. The fourth-order valence-electron chi connectivity index (χ4n) is 8.05. The lowest BCUT2D eigenvalue weighted by Gasteiger charge is -2.42. The summed E-state index contributed by atoms with van der Waals surface area (Å²) >= 11 is 0. The Morgan fingerprint density at radius 2 is 1.46 bits per heavy atom. The van der Waals surface area contributed by atoms with Crippen LogP contribution in [0, 0.1) is 21.7 Å². The number of hydrogen-bond acceptors (Lipinski definition) is 3. The third-order valence-corrected chi connectivity index (χ3v) is 11.7. The van der Waals surface area contributed by atoms with Gasteiger partial charge in [-0.2, -0.15) is 0 Å². The van der Waals surface area contributed by atoms with Gasteiger partial charge in [0.05, 0.1) is 11.3 Å². The molecular weight excluding hydrogens is 763 g/mol. The monoisotopic (exact) mass is 841 g/mol. The second kappa shape index (κ2) is 19.9. The van der Waals surface area contributed by atoms with Crippen molar-refractivity contribution in [3.8, 4) is 0 Å². The first-order chi connectivity index (χ1) is 29.3. The van der Waals surface area contributed by atoms with Gasteiger partial charge in [0, 0.05) is 28.6 Å². The molecule has 4 rings (SSSR count). The predicted molar refractivity (Wildman–Crippen MR) is 281 cm³/mol. The number of nitrogens with zero attached hydrogens (tertiary/aromatic N) is 1. The number of allylic oxidation sites excluding steroid dienone is 20. The number of fused-ring (bicyclic) bond motifs is 3. The van der Waals surface area contributed by atoms with E-state index >= 15 is 0 Å². The molecule has 0 saturated carbocycles. The van der Waals surface area contributed by atoms with Crippen molar-refractivity contribution in [1.82, 2.24) is 5.32 Å². The number of furan rings is 1. The molecular formula is C59H77BN2O. The highest BCUT2D eigenvalue weighted by atomic mass is 16.3. The molecule has 1 aliphatic carbocycles. The molecule has 0 amide bonds. The number of benzene rings is 1. The molecule has 2 aromatic rings. The molecule has 0 atom stereocenters. The molecule has 1 aromatic heterocycles. The van der Waals surface area contributed by atoms with Gasteiger partial charge in [0.15, 0.2) is 0 Å². The topological polar surface area (TPSA) is 28.4 Å². The Hall–Kier alpha value is -5.48. The molecule has 4 heteroatoms. The standard InChI is InChI=1S/C59H77BN2O/c1-20-24-25-26-37-60-49(41-61-50(31-34-56(10,11)12)45(30-33-55(7,8)9)43(22-3)27-21-2)51(39-42(5)6)62(38-32-48-47(23-4)58(16,17)35-36-59(48,18)19)53-46-40-44(57(13,14)15)28-29-52(46)63-54(53)60/h20-34,37-41,61H,1-5,35-36H2,6-19H3/b25-24-,33-30+,34-31+,37-26+,38-32+,43-27+,49-41-,50-45-,51-39+. The lowest BCUT2D eigenvalue weighted by Crippen LogP contribution is -2.43. The average molecular weight is 841 g/mol. The third kappa shape index (κ3) is 12.6. The minimum absolute atomic E-state index is 0.000931. The molecule has 0 unspecified atom stereocenters. The summed E-state index contributed by atoms with van der Waals surface area (Å²) in [5.74, 6) is 2.22. The summed E-state index contributed by atoms with van der Waals surface area (Å²) in [5, 5.41) is 4.94. The summed E-state index contributed by atoms with van der Waals surface area (Å²) in [7, 11) is 0. The van der Waals surface area contributed by atoms with Gasteiger partial charge < -0.3 is 14.6 Å². The molecule has 0 radical (unpaired) electrons. The summed E-state index contributed by atoms with van der Waals surface area (Å²) in [4.78, 5) is 2.34. The first-order valence-electron chi connectivity index (χ1n) is 22.6. The fourth-order valence-corrected chi connectivity index (χ4v) is 8.05. The fraction of sp³-hybridized carbons (Fsp3) is 0.356. The average Bonchev–Trinajstić information content (AvgIpc) is 3.55. The normalized spacial score (nSPS) is 19.4. The molecule has 2 heterocycles. The molecule has 1 N–H and O–H groups in total. The number of rotatable bonds is 14. The first-order valence-corrected chi connectivity index (χ1v) is 22.6. The Balaban J connectivity index is 2.25. The van der Waals surface area contributed by atoms with Crippen molar-refractivity contribution in [2.45, 2.75) is 115 Å². The molecule has 0 fully saturated rings. The Kier molecular flexibility index (Phi) is 15.9. The van der Waals surface area contributed by atoms with Gasteiger partial charge in [0.2, 0.25) is 0 Å². The van der Waals surface area contributed by atoms with Crippen LogP contribution >= 0.6 is 0 Å². The first kappa shape index (κ1) is 50.2. The second-order valence-corrected chi connectivity index (χ2v) is 21.7. The van der Waals surface area contributed by atoms with Crippen molar-refractivity contribution in [3.63, 3.8) is 0 Å². The summed E-state index contributed by atoms with van der Waals surface area (Å²) in [5.41, 5.74) is 12.1. The third-order valence-electron chi connectivity index (χ3n) is 11.7. The maximum Gasteiger partial charge on any atom is 0.287 e. The Morgan fingerprint density at radius 1 is 0.825 bits per heavy atom. The van der Waals surface area contributed by atoms with Crippen LogP contribution < -0.4 is 15.9 Å². The minimum Gasteiger partial charge on any atom is -0.468 e. The van der Waals surface area contributed by atoms with Crippen molar-refractivity contribution in [3.05, 3.63) is 205 Å². The van der Waals surface area contributed by atoms with E-state index in [9.17, 15) is 0 Å². The maximum atomic E-state index is 7.07. The zero-order valence-corrected chi connectivity index (χ0v) is 41.4. The van der Waals surface area contributed by atoms with Crippen LogP contribution in [0.3, 0.4) is 0 Å². The SMILES string of the molecule is C=C/C=C\C=C\B1C(=C\NC(/C=C/C(C)(C)C)=C(/C=C/C(C)(C)C)C(\C=C)=C\C=C)/C(=C\C(=C)C)N(/C=C/C2=C(C=C)C(C)(C)CCC2(C)C)c2c1oc1ccc(C(C)(C)C)cc21. The van der Waals surface area contributed by atoms with E-state index in [2.05, 4.69) is 225 Å². The van der Waals surface area contributed by atoms with Gasteiger partial charge in [-0.1, -0.05) is 201 Å². The maximum absolute atomic E-state index is 7.07. The van der Waals surface area contributed by atoms with Crippen LogP contribution in [-0.2, 0) is 5.41 Å². The van der Waals surface area contributed by atoms with Gasteiger partial charge in [0.1, 0.15) is 5.58 Å². The molecule has 332 valence electrons. The van der Waals surface area contributed by atoms with E-state index in [4.69, 9.17) is 4.42 Å². The van der Waals surface area contributed by atoms with E-state index in [-0.39, 0.29) is 33.8 Å². The Morgan fingerprint density at radius 3 is 2.02 bits per heavy atom. The molecule has 1 aromatic carbocycles. The largest absolute Gasteiger partial charge is 0.468 e. The van der Waals surface area contributed by atoms with Gasteiger partial charge >= 0.3 is 0 Å². The van der Waals surface area contributed by atoms with Crippen LogP contribution in [0.2, 0.25) is 0 Å². The predicted octanol–water partition coefficient (Wildman–Crippen LogP) is 16.2. The molecule has 3 nitrogen and oxygen atoms in total. The van der Waals surface area contributed by atoms with Crippen LogP contribution in [0.15, 0.2) is 204 Å². The van der Waals surface area contributed by atoms with E-state index in [0.717, 1.165) is 68.7 Å². The Labute approximate surface area is 383 Å². The van der Waals surface area contributed by atoms with Gasteiger partial charge in [-0.15, -0.1) is 5.98 Å². The Bertz CT molecular complexity index is 2410. The molecule has 1 aliphatic heterocycles. The van der Waals surface area contributed by atoms with E-state index in [1.165, 1.54) is 16.7 Å². The zero-order chi connectivity index (χ0) is 47.1. The lowest BCUT2D eigenvalue weighted by molar-refractivity contribution is 0.273. The van der Waals surface area contributed by atoms with E-state index < -0.39 is 0 Å². The highest BCUT2D eigenvalue weighted by Crippen LogP contribution is 2.50. The van der Waals surface area contributed by atoms with Crippen LogP contribution in [-0.4, -0.2) is 6.71 Å². The van der Waals surface area contributed by atoms with Crippen LogP contribution in [0.5, 0.6) is 0 Å². The summed E-state index contributed by atoms with van der Waals surface area (Å²) < 4.78 is 7.07. The summed E-state index contributed by atoms with van der Waals surface area (Å²) in [6.45, 7) is 52.2. The van der Waals surface area contributed by atoms with Crippen LogP contribution in [0.1, 0.15) is 115 Å². The van der Waals surface area contributed by atoms with Crippen molar-refractivity contribution in [1.29, 1.82) is 0 Å². The quantitative estimate of drug-likeness (QED) is 0.152. The van der Waals surface area contributed by atoms with E-state index in [1.807, 2.05) is 30.4 Å². The van der Waals surface area contributed by atoms with Crippen molar-refractivity contribution in [2.75, 3.05) is 4.90 Å². The highest BCUT2D eigenvalue weighted by molar-refractivity contribution is 6.86. The van der Waals surface area contributed by atoms with Crippen molar-refractivity contribution >= 4 is 29.0 Å². The van der Waals surface area contributed by atoms with Gasteiger partial charge in [-0.25, -0.2) is 0 Å². The van der Waals surface area contributed by atoms with E-state index in [0.29, 0.717) is 0 Å². The van der Waals surface area contributed by atoms with Crippen LogP contribution in [0.25, 0.3) is 11.0 Å². The van der Waals surface area contributed by atoms with Crippen molar-refractivity contribution in [2.24, 2.45) is 21.7 Å². The highest BCUT2D eigenvalue weighted by Gasteiger charge is 2.41. The smallest absolute Gasteiger partial charge is 0.287 e. The molecule has 2 aliphatic rings. The second-order valence-electron chi connectivity index (χ2n) is 21.7. The lowest BCUT2D eigenvalue weighted by atomic mass is 9.40. The van der Waals surface area contributed by atoms with Gasteiger partial charge in [0.25, 0.3) is 6.71 Å². The molecule has 0 saturated heterocycles. The number of nitrogens with one attached hydrogen (secondary N) is 1. The summed E-state index contributed by atoms with van der Waals surface area (Å²) in [6, 6.07) is 6.66. The van der Waals surface area contributed by atoms with E-state index in [1.54, 1.807) is 6.08 Å². The molecule has 0 bridgehead atoms. The minimum atomic E-state index is -0.278. The van der Waals surface area contributed by atoms with Gasteiger partial charge in [-0.3, -0.25) is 0 Å². The zero-order valence-electron chi connectivity index (χ0n) is 41.4. The summed E-state index contributed by atoms with van der Waals surface area (Å²) in [6.07, 6.45) is 35.7. The van der Waals surface area contributed by atoms with Crippen LogP contribution in [0.4, 0.5) is 5.69 Å². The van der Waals surface area contributed by atoms with Crippen molar-refractivity contribution < 1.29 is 4.42 Å².